The topological polar surface area (TPSA) is 0 Å². The van der Waals surface area contributed by atoms with E-state index in [1.54, 1.807) is 38.5 Å². The molecule has 7 saturated carbocycles. The first-order valence-corrected chi connectivity index (χ1v) is 13.3. The molecule has 0 heterocycles. The molecule has 4 bridgehead atoms. The van der Waals surface area contributed by atoms with Gasteiger partial charge in [0.25, 0.3) is 0 Å². The van der Waals surface area contributed by atoms with E-state index in [9.17, 15) is 0 Å². The van der Waals surface area contributed by atoms with Gasteiger partial charge >= 0.3 is 0 Å². The van der Waals surface area contributed by atoms with Gasteiger partial charge in [0.15, 0.2) is 0 Å². The lowest BCUT2D eigenvalue weighted by atomic mass is 9.23. The fraction of sp³-hybridized carbons (Fsp3) is 1.00. The first-order chi connectivity index (χ1) is 13.3. The summed E-state index contributed by atoms with van der Waals surface area (Å²) >= 11 is 0. The molecular weight excluding hydrogens is 336 g/mol. The van der Waals surface area contributed by atoms with E-state index in [-0.39, 0.29) is 0 Å². The largest absolute Gasteiger partial charge is 0.0683 e. The highest BCUT2D eigenvalue weighted by Gasteiger charge is 2.91. The average Bonchev–Trinajstić information content (AvgIpc) is 3.47. The Morgan fingerprint density at radius 3 is 1.57 bits per heavy atom. The lowest BCUT2D eigenvalue weighted by Gasteiger charge is -2.80. The molecule has 28 heavy (non-hydrogen) atoms. The van der Waals surface area contributed by atoms with Crippen molar-refractivity contribution in [2.45, 2.75) is 101 Å². The second-order valence-corrected chi connectivity index (χ2v) is 12.5. The summed E-state index contributed by atoms with van der Waals surface area (Å²) in [5, 5.41) is 0. The van der Waals surface area contributed by atoms with Gasteiger partial charge in [-0.1, -0.05) is 68.7 Å². The van der Waals surface area contributed by atoms with Crippen LogP contribution >= 0.6 is 0 Å². The molecule has 7 rings (SSSR count). The summed E-state index contributed by atoms with van der Waals surface area (Å²) in [6.07, 6.45) is 9.50. The Balaban J connectivity index is 0.000000404. The first-order valence-electron chi connectivity index (χ1n) is 13.3. The Morgan fingerprint density at radius 2 is 1.04 bits per heavy atom. The van der Waals surface area contributed by atoms with Crippen LogP contribution in [0, 0.1) is 74.9 Å². The van der Waals surface area contributed by atoms with Gasteiger partial charge in [0.05, 0.1) is 0 Å². The van der Waals surface area contributed by atoms with E-state index >= 15 is 0 Å². The number of fused-ring (bicyclic) bond motifs is 18. The number of rotatable bonds is 0. The lowest BCUT2D eigenvalue weighted by Crippen LogP contribution is -2.76. The fourth-order valence-electron chi connectivity index (χ4n) is 12.9. The van der Waals surface area contributed by atoms with Crippen LogP contribution in [0.1, 0.15) is 101 Å². The van der Waals surface area contributed by atoms with Gasteiger partial charge in [0, 0.05) is 0 Å². The van der Waals surface area contributed by atoms with Crippen molar-refractivity contribution in [3.63, 3.8) is 0 Å². The zero-order valence-corrected chi connectivity index (χ0v) is 20.4. The molecule has 0 aromatic rings. The molecule has 0 aliphatic heterocycles. The van der Waals surface area contributed by atoms with Crippen LogP contribution in [0.3, 0.4) is 0 Å². The molecule has 160 valence electrons. The molecule has 0 radical (unpaired) electrons. The predicted octanol–water partition coefficient (Wildman–Crippen LogP) is 8.07. The first kappa shape index (κ1) is 19.9. The highest BCUT2D eigenvalue weighted by atomic mass is 14.9. The van der Waals surface area contributed by atoms with E-state index in [4.69, 9.17) is 0 Å². The van der Waals surface area contributed by atoms with Crippen molar-refractivity contribution in [2.24, 2.45) is 74.9 Å². The fourth-order valence-corrected chi connectivity index (χ4v) is 12.9. The van der Waals surface area contributed by atoms with Gasteiger partial charge in [-0.3, -0.25) is 0 Å². The van der Waals surface area contributed by atoms with E-state index in [0.29, 0.717) is 5.41 Å². The summed E-state index contributed by atoms with van der Waals surface area (Å²) in [6.45, 7) is 21.8. The second kappa shape index (κ2) is 5.62. The zero-order valence-electron chi connectivity index (χ0n) is 20.4. The number of hydrogen-bond donors (Lipinski definition) is 0. The second-order valence-electron chi connectivity index (χ2n) is 12.5. The molecule has 0 N–H and O–H groups in total. The smallest absolute Gasteiger partial charge is 0.0201 e. The van der Waals surface area contributed by atoms with Gasteiger partial charge in [-0.2, -0.15) is 0 Å². The summed E-state index contributed by atoms with van der Waals surface area (Å²) in [5.41, 5.74) is 2.91. The Labute approximate surface area is 176 Å². The summed E-state index contributed by atoms with van der Waals surface area (Å²) in [7, 11) is 0. The van der Waals surface area contributed by atoms with Crippen molar-refractivity contribution < 1.29 is 0 Å². The van der Waals surface area contributed by atoms with E-state index in [2.05, 4.69) is 34.6 Å². The third kappa shape index (κ3) is 1.50. The van der Waals surface area contributed by atoms with Gasteiger partial charge in [-0.05, 0) is 107 Å². The van der Waals surface area contributed by atoms with E-state index in [1.807, 2.05) is 27.7 Å². The monoisotopic (exact) mass is 384 g/mol. The van der Waals surface area contributed by atoms with Gasteiger partial charge in [0.1, 0.15) is 0 Å². The van der Waals surface area contributed by atoms with Crippen LogP contribution in [-0.4, -0.2) is 0 Å². The van der Waals surface area contributed by atoms with Crippen LogP contribution in [0.25, 0.3) is 0 Å². The zero-order chi connectivity index (χ0) is 20.4. The van der Waals surface area contributed by atoms with Crippen molar-refractivity contribution in [2.75, 3.05) is 0 Å². The molecule has 13 unspecified atom stereocenters. The molecule has 7 aliphatic rings. The maximum absolute atomic E-state index is 2.79. The van der Waals surface area contributed by atoms with Gasteiger partial charge in [-0.25, -0.2) is 0 Å². The molecule has 0 amide bonds. The minimum Gasteiger partial charge on any atom is -0.0683 e. The standard InChI is InChI=1S/C24H36.2C2H6/c1-12-9-13-10-16(12)24(5)20-18-11-17(19(20)21(13,24)2)22(3)14-7-6-8-15(14)23(18,22)4;2*1-2/h12-20H,6-11H2,1-5H3;2*1-2H3. The third-order valence-electron chi connectivity index (χ3n) is 13.6. The quantitative estimate of drug-likeness (QED) is 0.370. The van der Waals surface area contributed by atoms with Crippen molar-refractivity contribution in [1.82, 2.24) is 0 Å². The normalized spacial score (nSPS) is 68.2. The molecule has 7 aliphatic carbocycles. The molecule has 0 spiro atoms. The van der Waals surface area contributed by atoms with Crippen molar-refractivity contribution >= 4 is 0 Å². The minimum absolute atomic E-state index is 0.716. The average molecular weight is 385 g/mol. The van der Waals surface area contributed by atoms with Crippen molar-refractivity contribution in [1.29, 1.82) is 0 Å². The molecule has 0 aromatic carbocycles. The highest BCUT2D eigenvalue weighted by molar-refractivity contribution is 5.38. The molecular formula is C28H48. The maximum atomic E-state index is 2.79. The highest BCUT2D eigenvalue weighted by Crippen LogP contribution is 2.95. The molecule has 0 nitrogen and oxygen atoms in total. The van der Waals surface area contributed by atoms with Crippen molar-refractivity contribution in [3.8, 4) is 0 Å². The van der Waals surface area contributed by atoms with Gasteiger partial charge in [-0.15, -0.1) is 0 Å². The van der Waals surface area contributed by atoms with Crippen LogP contribution in [0.15, 0.2) is 0 Å². The predicted molar refractivity (Wildman–Crippen MR) is 120 cm³/mol. The summed E-state index contributed by atoms with van der Waals surface area (Å²) in [6, 6.07) is 0. The summed E-state index contributed by atoms with van der Waals surface area (Å²) in [5.74, 6) is 9.84. The van der Waals surface area contributed by atoms with Crippen LogP contribution in [-0.2, 0) is 0 Å². The Hall–Kier alpha value is 0. The Kier molecular flexibility index (Phi) is 4.00. The van der Waals surface area contributed by atoms with Gasteiger partial charge in [0.2, 0.25) is 0 Å². The van der Waals surface area contributed by atoms with E-state index in [0.717, 1.165) is 69.5 Å². The van der Waals surface area contributed by atoms with Crippen LogP contribution in [0.2, 0.25) is 0 Å². The minimum atomic E-state index is 0.716. The molecule has 0 saturated heterocycles. The van der Waals surface area contributed by atoms with Crippen LogP contribution in [0.5, 0.6) is 0 Å². The SMILES string of the molecule is CC.CC.CC1CC2CC1C1(C)C3C4CC(C3C21C)C1(C)C2CCCC2C41C. The molecule has 0 aromatic heterocycles. The van der Waals surface area contributed by atoms with E-state index in [1.165, 1.54) is 0 Å². The number of hydrogen-bond acceptors (Lipinski definition) is 0. The summed E-state index contributed by atoms with van der Waals surface area (Å²) in [4.78, 5) is 0. The Bertz CT molecular complexity index is 665. The molecule has 7 fully saturated rings. The Morgan fingerprint density at radius 1 is 0.536 bits per heavy atom. The summed E-state index contributed by atoms with van der Waals surface area (Å²) < 4.78 is 0. The third-order valence-corrected chi connectivity index (χ3v) is 13.6. The maximum Gasteiger partial charge on any atom is -0.0201 e. The lowest BCUT2D eigenvalue weighted by molar-refractivity contribution is -0.338. The molecule has 13 atom stereocenters. The van der Waals surface area contributed by atoms with Crippen LogP contribution < -0.4 is 0 Å². The van der Waals surface area contributed by atoms with Crippen LogP contribution in [0.4, 0.5) is 0 Å². The molecule has 0 heteroatoms. The van der Waals surface area contributed by atoms with Crippen molar-refractivity contribution in [3.05, 3.63) is 0 Å². The van der Waals surface area contributed by atoms with Gasteiger partial charge < -0.3 is 0 Å². The van der Waals surface area contributed by atoms with E-state index < -0.39 is 0 Å².